The van der Waals surface area contributed by atoms with Crippen LogP contribution in [0.25, 0.3) is 0 Å². The number of benzene rings is 1. The Balaban J connectivity index is 1.38. The van der Waals surface area contributed by atoms with Crippen molar-refractivity contribution in [2.75, 3.05) is 22.6 Å². The third kappa shape index (κ3) is 4.55. The molecule has 0 saturated heterocycles. The molecule has 2 N–H and O–H groups in total. The molecule has 3 heterocycles. The first-order chi connectivity index (χ1) is 14.9. The summed E-state index contributed by atoms with van der Waals surface area (Å²) in [7, 11) is 1.84. The molecule has 0 spiro atoms. The summed E-state index contributed by atoms with van der Waals surface area (Å²) < 4.78 is 18.6. The molecule has 4 rings (SSSR count). The zero-order valence-corrected chi connectivity index (χ0v) is 17.5. The predicted molar refractivity (Wildman–Crippen MR) is 116 cm³/mol. The SMILES string of the molecule is Cc1nc(NCc2ccc(OCc3ccc(F)cc3)nc2)nc2c1NC(=O)C(C)N2C. The second kappa shape index (κ2) is 8.55. The molecule has 0 aliphatic carbocycles. The molecule has 1 amide bonds. The van der Waals surface area contributed by atoms with Crippen molar-refractivity contribution in [1.82, 2.24) is 15.0 Å². The van der Waals surface area contributed by atoms with Crippen molar-refractivity contribution < 1.29 is 13.9 Å². The molecule has 1 unspecified atom stereocenters. The largest absolute Gasteiger partial charge is 0.473 e. The number of fused-ring (bicyclic) bond motifs is 1. The lowest BCUT2D eigenvalue weighted by Gasteiger charge is -2.32. The van der Waals surface area contributed by atoms with Crippen LogP contribution in [0, 0.1) is 12.7 Å². The van der Waals surface area contributed by atoms with Crippen molar-refractivity contribution in [3.05, 3.63) is 65.2 Å². The van der Waals surface area contributed by atoms with Crippen LogP contribution in [-0.4, -0.2) is 33.9 Å². The zero-order chi connectivity index (χ0) is 22.0. The highest BCUT2D eigenvalue weighted by Gasteiger charge is 2.30. The summed E-state index contributed by atoms with van der Waals surface area (Å²) in [6, 6.07) is 9.54. The Bertz CT molecular complexity index is 1090. The van der Waals surface area contributed by atoms with Gasteiger partial charge in [-0.2, -0.15) is 4.98 Å². The second-order valence-corrected chi connectivity index (χ2v) is 7.38. The Labute approximate surface area is 179 Å². The highest BCUT2D eigenvalue weighted by Crippen LogP contribution is 2.32. The maximum atomic E-state index is 13.0. The van der Waals surface area contributed by atoms with Gasteiger partial charge in [0.15, 0.2) is 5.82 Å². The van der Waals surface area contributed by atoms with Gasteiger partial charge in [-0.3, -0.25) is 4.79 Å². The highest BCUT2D eigenvalue weighted by atomic mass is 19.1. The highest BCUT2D eigenvalue weighted by molar-refractivity contribution is 6.03. The lowest BCUT2D eigenvalue weighted by atomic mass is 10.2. The van der Waals surface area contributed by atoms with E-state index in [0.29, 0.717) is 42.2 Å². The lowest BCUT2D eigenvalue weighted by Crippen LogP contribution is -2.44. The number of nitrogens with one attached hydrogen (secondary N) is 2. The molecule has 0 fully saturated rings. The minimum atomic E-state index is -0.304. The van der Waals surface area contributed by atoms with Crippen molar-refractivity contribution >= 4 is 23.4 Å². The molecule has 0 radical (unpaired) electrons. The number of aromatic nitrogens is 3. The van der Waals surface area contributed by atoms with Crippen LogP contribution in [-0.2, 0) is 17.9 Å². The van der Waals surface area contributed by atoms with Crippen LogP contribution >= 0.6 is 0 Å². The van der Waals surface area contributed by atoms with E-state index in [4.69, 9.17) is 4.74 Å². The third-order valence-corrected chi connectivity index (χ3v) is 5.16. The molecule has 2 aromatic heterocycles. The summed E-state index contributed by atoms with van der Waals surface area (Å²) >= 11 is 0. The summed E-state index contributed by atoms with van der Waals surface area (Å²) in [5.41, 5.74) is 3.13. The van der Waals surface area contributed by atoms with E-state index in [2.05, 4.69) is 25.6 Å². The Morgan fingerprint density at radius 3 is 2.61 bits per heavy atom. The number of nitrogens with zero attached hydrogens (tertiary/aromatic N) is 4. The summed E-state index contributed by atoms with van der Waals surface area (Å²) in [5, 5.41) is 6.07. The molecule has 8 nitrogen and oxygen atoms in total. The van der Waals surface area contributed by atoms with Gasteiger partial charge in [-0.1, -0.05) is 18.2 Å². The fourth-order valence-corrected chi connectivity index (χ4v) is 3.15. The van der Waals surface area contributed by atoms with Gasteiger partial charge in [-0.25, -0.2) is 14.4 Å². The van der Waals surface area contributed by atoms with Crippen LogP contribution in [0.1, 0.15) is 23.7 Å². The summed E-state index contributed by atoms with van der Waals surface area (Å²) in [5.74, 6) is 1.30. The molecule has 1 aliphatic heterocycles. The maximum Gasteiger partial charge on any atom is 0.246 e. The first kappa shape index (κ1) is 20.5. The van der Waals surface area contributed by atoms with E-state index in [1.807, 2.05) is 31.9 Å². The van der Waals surface area contributed by atoms with Gasteiger partial charge >= 0.3 is 0 Å². The van der Waals surface area contributed by atoms with Gasteiger partial charge in [0.2, 0.25) is 17.7 Å². The minimum Gasteiger partial charge on any atom is -0.473 e. The maximum absolute atomic E-state index is 13.0. The number of ether oxygens (including phenoxy) is 1. The molecule has 160 valence electrons. The molecular weight excluding hydrogens is 399 g/mol. The van der Waals surface area contributed by atoms with Gasteiger partial charge in [-0.05, 0) is 37.1 Å². The third-order valence-electron chi connectivity index (χ3n) is 5.16. The smallest absolute Gasteiger partial charge is 0.246 e. The van der Waals surface area contributed by atoms with Gasteiger partial charge in [0.05, 0.1) is 5.69 Å². The van der Waals surface area contributed by atoms with E-state index in [-0.39, 0.29) is 17.8 Å². The number of anilines is 3. The topological polar surface area (TPSA) is 92.3 Å². The van der Waals surface area contributed by atoms with Crippen LogP contribution in [0.3, 0.4) is 0 Å². The number of carbonyl (C=O) groups is 1. The van der Waals surface area contributed by atoms with E-state index in [0.717, 1.165) is 11.1 Å². The molecule has 3 aromatic rings. The molecule has 1 aliphatic rings. The first-order valence-corrected chi connectivity index (χ1v) is 9.89. The van der Waals surface area contributed by atoms with Crippen molar-refractivity contribution in [1.29, 1.82) is 0 Å². The van der Waals surface area contributed by atoms with Crippen molar-refractivity contribution in [3.8, 4) is 5.88 Å². The van der Waals surface area contributed by atoms with Gasteiger partial charge in [0.25, 0.3) is 0 Å². The number of amides is 1. The molecule has 1 aromatic carbocycles. The van der Waals surface area contributed by atoms with E-state index < -0.39 is 0 Å². The number of hydrogen-bond donors (Lipinski definition) is 2. The number of likely N-dealkylation sites (N-methyl/N-ethyl adjacent to an activating group) is 1. The van der Waals surface area contributed by atoms with Crippen LogP contribution in [0.4, 0.5) is 21.8 Å². The van der Waals surface area contributed by atoms with E-state index >= 15 is 0 Å². The van der Waals surface area contributed by atoms with Crippen LogP contribution in [0.5, 0.6) is 5.88 Å². The molecule has 0 bridgehead atoms. The van der Waals surface area contributed by atoms with Gasteiger partial charge in [-0.15, -0.1) is 0 Å². The van der Waals surface area contributed by atoms with Crippen molar-refractivity contribution in [2.24, 2.45) is 0 Å². The normalized spacial score (nSPS) is 15.3. The van der Waals surface area contributed by atoms with E-state index in [9.17, 15) is 9.18 Å². The molecule has 1 atom stereocenters. The standard InChI is InChI=1S/C22H23FN6O2/c1-13-19-20(29(3)14(2)21(30)27-19)28-22(26-13)25-11-16-6-9-18(24-10-16)31-12-15-4-7-17(23)8-5-15/h4-10,14H,11-12H2,1-3H3,(H,27,30)(H,25,26,28). The monoisotopic (exact) mass is 422 g/mol. The average molecular weight is 422 g/mol. The number of rotatable bonds is 6. The fraction of sp³-hybridized carbons (Fsp3) is 0.273. The van der Waals surface area contributed by atoms with Gasteiger partial charge in [0, 0.05) is 25.9 Å². The van der Waals surface area contributed by atoms with Crippen LogP contribution in [0.15, 0.2) is 42.6 Å². The Hall–Kier alpha value is -3.75. The minimum absolute atomic E-state index is 0.0739. The van der Waals surface area contributed by atoms with Gasteiger partial charge < -0.3 is 20.3 Å². The Kier molecular flexibility index (Phi) is 5.66. The number of aryl methyl sites for hydroxylation is 1. The average Bonchev–Trinajstić information content (AvgIpc) is 2.77. The molecule has 31 heavy (non-hydrogen) atoms. The number of carbonyl (C=O) groups excluding carboxylic acids is 1. The molecule has 0 saturated carbocycles. The molecule has 9 heteroatoms. The summed E-state index contributed by atoms with van der Waals surface area (Å²) in [6.07, 6.45) is 1.71. The quantitative estimate of drug-likeness (QED) is 0.630. The van der Waals surface area contributed by atoms with Crippen LogP contribution < -0.4 is 20.3 Å². The lowest BCUT2D eigenvalue weighted by molar-refractivity contribution is -0.117. The number of hydrogen-bond acceptors (Lipinski definition) is 7. The predicted octanol–water partition coefficient (Wildman–Crippen LogP) is 3.29. The summed E-state index contributed by atoms with van der Waals surface area (Å²) in [6.45, 7) is 4.46. The van der Waals surface area contributed by atoms with E-state index in [1.165, 1.54) is 12.1 Å². The zero-order valence-electron chi connectivity index (χ0n) is 17.5. The Morgan fingerprint density at radius 1 is 1.16 bits per heavy atom. The fourth-order valence-electron chi connectivity index (χ4n) is 3.15. The summed E-state index contributed by atoms with van der Waals surface area (Å²) in [4.78, 5) is 27.2. The van der Waals surface area contributed by atoms with E-state index in [1.54, 1.807) is 24.4 Å². The first-order valence-electron chi connectivity index (χ1n) is 9.89. The van der Waals surface area contributed by atoms with Crippen LogP contribution in [0.2, 0.25) is 0 Å². The van der Waals surface area contributed by atoms with Crippen molar-refractivity contribution in [2.45, 2.75) is 33.0 Å². The Morgan fingerprint density at radius 2 is 1.90 bits per heavy atom. The number of halogens is 1. The second-order valence-electron chi connectivity index (χ2n) is 7.38. The van der Waals surface area contributed by atoms with Crippen molar-refractivity contribution in [3.63, 3.8) is 0 Å². The molecular formula is C22H23FN6O2. The number of pyridine rings is 1. The van der Waals surface area contributed by atoms with Gasteiger partial charge in [0.1, 0.15) is 24.2 Å².